The Labute approximate surface area is 78.1 Å². The fourth-order valence-corrected chi connectivity index (χ4v) is 0.496. The minimum Gasteiger partial charge on any atom is -0.481 e. The molecule has 0 amide bonds. The molecule has 0 aromatic carbocycles. The second-order valence-corrected chi connectivity index (χ2v) is 2.66. The molecule has 0 unspecified atom stereocenters. The Kier molecular flexibility index (Phi) is 4.26. The molecule has 0 aromatic rings. The average Bonchev–Trinajstić information content (AvgIpc) is 1.94. The molecule has 14 heavy (non-hydrogen) atoms. The topological polar surface area (TPSA) is 62.0 Å². The Balaban J connectivity index is 4.82. The molecule has 0 saturated heterocycles. The van der Waals surface area contributed by atoms with E-state index in [2.05, 4.69) is 10.2 Å². The maximum Gasteiger partial charge on any atom is 0.431 e. The monoisotopic (exact) mass is 210 g/mol. The first-order valence-corrected chi connectivity index (χ1v) is 3.60. The lowest BCUT2D eigenvalue weighted by molar-refractivity contribution is -0.136. The van der Waals surface area contributed by atoms with Crippen LogP contribution in [-0.4, -0.2) is 28.7 Å². The first kappa shape index (κ1) is 12.6. The van der Waals surface area contributed by atoms with E-state index in [1.807, 2.05) is 0 Å². The Morgan fingerprint density at radius 3 is 2.07 bits per heavy atom. The summed E-state index contributed by atoms with van der Waals surface area (Å²) in [7, 11) is 0. The van der Waals surface area contributed by atoms with Crippen molar-refractivity contribution in [3.05, 3.63) is 0 Å². The van der Waals surface area contributed by atoms with Crippen molar-refractivity contribution < 1.29 is 23.1 Å². The molecule has 0 aliphatic carbocycles. The van der Waals surface area contributed by atoms with Gasteiger partial charge < -0.3 is 5.11 Å². The Bertz CT molecular complexity index is 277. The summed E-state index contributed by atoms with van der Waals surface area (Å²) in [6.45, 7) is 2.91. The van der Waals surface area contributed by atoms with Crippen molar-refractivity contribution in [1.82, 2.24) is 0 Å². The summed E-state index contributed by atoms with van der Waals surface area (Å²) in [4.78, 5) is 10.1. The van der Waals surface area contributed by atoms with Crippen LogP contribution in [0.25, 0.3) is 0 Å². The SMILES string of the molecule is CC(C)=NN=C(CC(=O)O)C(F)(F)F. The highest BCUT2D eigenvalue weighted by molar-refractivity contribution is 6.01. The molecule has 7 heteroatoms. The van der Waals surface area contributed by atoms with Crippen LogP contribution in [-0.2, 0) is 4.79 Å². The molecule has 0 fully saturated rings. The van der Waals surface area contributed by atoms with Crippen LogP contribution in [0, 0.1) is 0 Å². The minimum atomic E-state index is -4.75. The fraction of sp³-hybridized carbons (Fsp3) is 0.571. The van der Waals surface area contributed by atoms with Crippen molar-refractivity contribution in [2.75, 3.05) is 0 Å². The van der Waals surface area contributed by atoms with Gasteiger partial charge in [0.05, 0.1) is 6.42 Å². The van der Waals surface area contributed by atoms with Gasteiger partial charge in [-0.3, -0.25) is 4.79 Å². The molecule has 0 rings (SSSR count). The van der Waals surface area contributed by atoms with E-state index < -0.39 is 24.3 Å². The van der Waals surface area contributed by atoms with Crippen LogP contribution in [0.3, 0.4) is 0 Å². The molecule has 0 aromatic heterocycles. The molecule has 0 radical (unpaired) electrons. The van der Waals surface area contributed by atoms with Gasteiger partial charge in [0.15, 0.2) is 5.71 Å². The van der Waals surface area contributed by atoms with Gasteiger partial charge in [-0.15, -0.1) is 0 Å². The van der Waals surface area contributed by atoms with E-state index in [0.717, 1.165) is 0 Å². The minimum absolute atomic E-state index is 0.317. The van der Waals surface area contributed by atoms with Gasteiger partial charge in [0.1, 0.15) is 0 Å². The van der Waals surface area contributed by atoms with Gasteiger partial charge in [0.25, 0.3) is 0 Å². The van der Waals surface area contributed by atoms with Gasteiger partial charge >= 0.3 is 12.1 Å². The highest BCUT2D eigenvalue weighted by Gasteiger charge is 2.37. The van der Waals surface area contributed by atoms with Gasteiger partial charge in [0.2, 0.25) is 0 Å². The number of aliphatic carboxylic acids is 1. The third-order valence-corrected chi connectivity index (χ3v) is 1.02. The van der Waals surface area contributed by atoms with Crippen LogP contribution in [0.5, 0.6) is 0 Å². The predicted molar refractivity (Wildman–Crippen MR) is 44.5 cm³/mol. The summed E-state index contributed by atoms with van der Waals surface area (Å²) in [5.41, 5.74) is -1.09. The number of nitrogens with zero attached hydrogens (tertiary/aromatic N) is 2. The second-order valence-electron chi connectivity index (χ2n) is 2.66. The van der Waals surface area contributed by atoms with Crippen LogP contribution in [0.1, 0.15) is 20.3 Å². The fourth-order valence-electron chi connectivity index (χ4n) is 0.496. The zero-order valence-electron chi connectivity index (χ0n) is 7.59. The highest BCUT2D eigenvalue weighted by Crippen LogP contribution is 2.19. The molecule has 0 heterocycles. The maximum absolute atomic E-state index is 12.1. The highest BCUT2D eigenvalue weighted by atomic mass is 19.4. The lowest BCUT2D eigenvalue weighted by Crippen LogP contribution is -2.25. The molecule has 4 nitrogen and oxygen atoms in total. The third-order valence-electron chi connectivity index (χ3n) is 1.02. The van der Waals surface area contributed by atoms with E-state index in [-0.39, 0.29) is 0 Å². The molecule has 0 aliphatic heterocycles. The van der Waals surface area contributed by atoms with Gasteiger partial charge in [-0.1, -0.05) is 0 Å². The quantitative estimate of drug-likeness (QED) is 0.570. The molecule has 0 atom stereocenters. The van der Waals surface area contributed by atoms with Crippen molar-refractivity contribution in [3.63, 3.8) is 0 Å². The summed E-state index contributed by atoms with van der Waals surface area (Å²) in [6, 6.07) is 0. The zero-order valence-corrected chi connectivity index (χ0v) is 7.59. The van der Waals surface area contributed by atoms with Crippen LogP contribution < -0.4 is 0 Å². The molecular formula is C7H9F3N2O2. The van der Waals surface area contributed by atoms with Crippen molar-refractivity contribution in [2.45, 2.75) is 26.4 Å². The summed E-state index contributed by atoms with van der Waals surface area (Å²) in [6.07, 6.45) is -5.93. The van der Waals surface area contributed by atoms with E-state index in [9.17, 15) is 18.0 Å². The van der Waals surface area contributed by atoms with E-state index >= 15 is 0 Å². The van der Waals surface area contributed by atoms with Crippen molar-refractivity contribution in [2.24, 2.45) is 10.2 Å². The van der Waals surface area contributed by atoms with Crippen LogP contribution in [0.2, 0.25) is 0 Å². The molecular weight excluding hydrogens is 201 g/mol. The lowest BCUT2D eigenvalue weighted by Gasteiger charge is -2.05. The number of alkyl halides is 3. The summed E-state index contributed by atoms with van der Waals surface area (Å²) >= 11 is 0. The lowest BCUT2D eigenvalue weighted by atomic mass is 10.2. The van der Waals surface area contributed by atoms with Crippen LogP contribution in [0.15, 0.2) is 10.2 Å². The summed E-state index contributed by atoms with van der Waals surface area (Å²) in [5, 5.41) is 14.2. The predicted octanol–water partition coefficient (Wildman–Crippen LogP) is 1.86. The van der Waals surface area contributed by atoms with E-state index in [1.165, 1.54) is 13.8 Å². The summed E-state index contributed by atoms with van der Waals surface area (Å²) in [5.74, 6) is -1.59. The third kappa shape index (κ3) is 5.28. The number of hydrogen-bond acceptors (Lipinski definition) is 3. The van der Waals surface area contributed by atoms with Crippen LogP contribution >= 0.6 is 0 Å². The first-order valence-electron chi connectivity index (χ1n) is 3.60. The van der Waals surface area contributed by atoms with Gasteiger partial charge in [0, 0.05) is 5.71 Å². The normalized spacial score (nSPS) is 12.5. The van der Waals surface area contributed by atoms with Gasteiger partial charge in [-0.05, 0) is 13.8 Å². The van der Waals surface area contributed by atoms with Crippen molar-refractivity contribution in [1.29, 1.82) is 0 Å². The van der Waals surface area contributed by atoms with Gasteiger partial charge in [-0.25, -0.2) is 0 Å². The Hall–Kier alpha value is -1.40. The maximum atomic E-state index is 12.1. The smallest absolute Gasteiger partial charge is 0.431 e. The number of carboxylic acid groups (broad SMARTS) is 1. The van der Waals surface area contributed by atoms with E-state index in [1.54, 1.807) is 0 Å². The Morgan fingerprint density at radius 1 is 1.29 bits per heavy atom. The number of carboxylic acids is 1. The summed E-state index contributed by atoms with van der Waals surface area (Å²) < 4.78 is 36.2. The zero-order chi connectivity index (χ0) is 11.4. The number of rotatable bonds is 3. The number of carbonyl (C=O) groups is 1. The van der Waals surface area contributed by atoms with Crippen molar-refractivity contribution in [3.8, 4) is 0 Å². The Morgan fingerprint density at radius 2 is 1.79 bits per heavy atom. The number of hydrogen-bond donors (Lipinski definition) is 1. The van der Waals surface area contributed by atoms with E-state index in [4.69, 9.17) is 5.11 Å². The number of halogens is 3. The van der Waals surface area contributed by atoms with Crippen molar-refractivity contribution >= 4 is 17.4 Å². The standard InChI is InChI=1S/C7H9F3N2O2/c1-4(2)11-12-5(3-6(13)14)7(8,9)10/h3H2,1-2H3,(H,13,14). The molecule has 1 N–H and O–H groups in total. The van der Waals surface area contributed by atoms with E-state index in [0.29, 0.717) is 5.71 Å². The molecule has 0 bridgehead atoms. The van der Waals surface area contributed by atoms with Gasteiger partial charge in [-0.2, -0.15) is 23.4 Å². The molecule has 0 spiro atoms. The van der Waals surface area contributed by atoms with Crippen LogP contribution in [0.4, 0.5) is 13.2 Å². The molecule has 80 valence electrons. The molecule has 0 saturated carbocycles. The first-order chi connectivity index (χ1) is 6.23. The second kappa shape index (κ2) is 4.73. The molecule has 0 aliphatic rings. The average molecular weight is 210 g/mol. The largest absolute Gasteiger partial charge is 0.481 e.